The summed E-state index contributed by atoms with van der Waals surface area (Å²) in [5.74, 6) is 1.06. The number of nitrogens with one attached hydrogen (secondary N) is 1. The van der Waals surface area contributed by atoms with Crippen LogP contribution in [-0.4, -0.2) is 36.1 Å². The van der Waals surface area contributed by atoms with Gasteiger partial charge >= 0.3 is 0 Å². The van der Waals surface area contributed by atoms with Gasteiger partial charge in [-0.15, -0.1) is 0 Å². The van der Waals surface area contributed by atoms with Gasteiger partial charge in [0.15, 0.2) is 0 Å². The van der Waals surface area contributed by atoms with Gasteiger partial charge in [0.25, 0.3) is 0 Å². The molecule has 1 N–H and O–H groups in total. The highest BCUT2D eigenvalue weighted by atomic mass is 15.2. The molecule has 0 amide bonds. The van der Waals surface area contributed by atoms with Crippen molar-refractivity contribution in [2.45, 2.75) is 70.9 Å². The summed E-state index contributed by atoms with van der Waals surface area (Å²) in [6.07, 6.45) is 8.86. The lowest BCUT2D eigenvalue weighted by molar-refractivity contribution is 0.101. The quantitative estimate of drug-likeness (QED) is 0.810. The van der Waals surface area contributed by atoms with Gasteiger partial charge in [0.2, 0.25) is 0 Å². The molecule has 100 valence electrons. The molecule has 0 aromatic carbocycles. The van der Waals surface area contributed by atoms with Crippen LogP contribution in [0, 0.1) is 5.92 Å². The number of hydrogen-bond acceptors (Lipinski definition) is 2. The van der Waals surface area contributed by atoms with Crippen LogP contribution >= 0.6 is 0 Å². The fourth-order valence-corrected chi connectivity index (χ4v) is 3.45. The van der Waals surface area contributed by atoms with Crippen LogP contribution in [0.2, 0.25) is 0 Å². The monoisotopic (exact) mass is 238 g/mol. The van der Waals surface area contributed by atoms with E-state index in [-0.39, 0.29) is 0 Å². The summed E-state index contributed by atoms with van der Waals surface area (Å²) in [5, 5.41) is 3.63. The smallest absolute Gasteiger partial charge is 0.0252 e. The lowest BCUT2D eigenvalue weighted by Crippen LogP contribution is -2.60. The van der Waals surface area contributed by atoms with Crippen molar-refractivity contribution >= 4 is 0 Å². The molecule has 2 fully saturated rings. The van der Waals surface area contributed by atoms with Gasteiger partial charge in [0.05, 0.1) is 0 Å². The first-order chi connectivity index (χ1) is 8.07. The van der Waals surface area contributed by atoms with Crippen LogP contribution in [-0.2, 0) is 0 Å². The molecule has 2 rings (SSSR count). The molecule has 17 heavy (non-hydrogen) atoms. The minimum absolute atomic E-state index is 0.305. The normalized spacial score (nSPS) is 30.9. The molecule has 2 aliphatic rings. The van der Waals surface area contributed by atoms with Crippen molar-refractivity contribution in [3.05, 3.63) is 0 Å². The lowest BCUT2D eigenvalue weighted by atomic mass is 9.97. The molecule has 0 spiro atoms. The Morgan fingerprint density at radius 2 is 1.94 bits per heavy atom. The Balaban J connectivity index is 1.69. The van der Waals surface area contributed by atoms with Gasteiger partial charge in [0.1, 0.15) is 0 Å². The first-order valence-electron chi connectivity index (χ1n) is 7.56. The molecular formula is C15H30N2. The summed E-state index contributed by atoms with van der Waals surface area (Å²) in [6.45, 7) is 10.7. The maximum atomic E-state index is 3.63. The maximum absolute atomic E-state index is 3.63. The van der Waals surface area contributed by atoms with E-state index in [1.54, 1.807) is 0 Å². The van der Waals surface area contributed by atoms with E-state index < -0.39 is 0 Å². The summed E-state index contributed by atoms with van der Waals surface area (Å²) < 4.78 is 0. The fraction of sp³-hybridized carbons (Fsp3) is 1.00. The zero-order valence-electron chi connectivity index (χ0n) is 12.0. The molecule has 1 unspecified atom stereocenters. The largest absolute Gasteiger partial charge is 0.309 e. The van der Waals surface area contributed by atoms with E-state index in [4.69, 9.17) is 0 Å². The van der Waals surface area contributed by atoms with Gasteiger partial charge in [-0.2, -0.15) is 0 Å². The predicted molar refractivity (Wildman–Crippen MR) is 74.3 cm³/mol. The van der Waals surface area contributed by atoms with E-state index in [1.807, 2.05) is 0 Å². The predicted octanol–water partition coefficient (Wildman–Crippen LogP) is 3.03. The molecule has 1 saturated heterocycles. The van der Waals surface area contributed by atoms with Gasteiger partial charge in [-0.25, -0.2) is 0 Å². The minimum atomic E-state index is 0.305. The van der Waals surface area contributed by atoms with E-state index in [0.29, 0.717) is 11.6 Å². The van der Waals surface area contributed by atoms with Crippen LogP contribution in [0.5, 0.6) is 0 Å². The first kappa shape index (κ1) is 13.4. The Morgan fingerprint density at radius 1 is 1.24 bits per heavy atom. The molecule has 0 aromatic heterocycles. The van der Waals surface area contributed by atoms with E-state index in [0.717, 1.165) is 12.5 Å². The van der Waals surface area contributed by atoms with E-state index in [9.17, 15) is 0 Å². The molecule has 1 heterocycles. The van der Waals surface area contributed by atoms with E-state index >= 15 is 0 Å². The average molecular weight is 238 g/mol. The number of rotatable bonds is 4. The molecule has 1 aliphatic heterocycles. The molecule has 1 atom stereocenters. The number of hydrogen-bond donors (Lipinski definition) is 1. The van der Waals surface area contributed by atoms with Crippen LogP contribution < -0.4 is 5.32 Å². The van der Waals surface area contributed by atoms with Crippen molar-refractivity contribution in [1.29, 1.82) is 0 Å². The van der Waals surface area contributed by atoms with Crippen molar-refractivity contribution in [1.82, 2.24) is 10.2 Å². The number of nitrogens with zero attached hydrogens (tertiary/aromatic N) is 1. The average Bonchev–Trinajstić information content (AvgIpc) is 2.76. The highest BCUT2D eigenvalue weighted by Crippen LogP contribution is 2.28. The second-order valence-electron chi connectivity index (χ2n) is 6.88. The van der Waals surface area contributed by atoms with Crippen LogP contribution in [0.4, 0.5) is 0 Å². The van der Waals surface area contributed by atoms with Gasteiger partial charge in [-0.1, -0.05) is 25.7 Å². The zero-order chi connectivity index (χ0) is 12.3. The Morgan fingerprint density at radius 3 is 2.65 bits per heavy atom. The third-order valence-electron chi connectivity index (χ3n) is 4.63. The number of piperazine rings is 1. The summed E-state index contributed by atoms with van der Waals surface area (Å²) >= 11 is 0. The third kappa shape index (κ3) is 3.96. The molecule has 0 aromatic rings. The van der Waals surface area contributed by atoms with E-state index in [1.165, 1.54) is 51.6 Å². The zero-order valence-corrected chi connectivity index (χ0v) is 12.0. The van der Waals surface area contributed by atoms with Crippen molar-refractivity contribution in [2.24, 2.45) is 5.92 Å². The molecule has 2 nitrogen and oxygen atoms in total. The SMILES string of the molecule is CC1CNC(C)(C)CN1CCCC1CCCC1. The minimum Gasteiger partial charge on any atom is -0.309 e. The molecule has 1 saturated carbocycles. The Labute approximate surface area is 107 Å². The van der Waals surface area contributed by atoms with Crippen LogP contribution in [0.1, 0.15) is 59.3 Å². The van der Waals surface area contributed by atoms with Crippen LogP contribution in [0.15, 0.2) is 0 Å². The second kappa shape index (κ2) is 5.71. The summed E-state index contributed by atoms with van der Waals surface area (Å²) in [6, 6.07) is 0.714. The lowest BCUT2D eigenvalue weighted by Gasteiger charge is -2.43. The topological polar surface area (TPSA) is 15.3 Å². The van der Waals surface area contributed by atoms with E-state index in [2.05, 4.69) is 31.0 Å². The van der Waals surface area contributed by atoms with Crippen molar-refractivity contribution in [3.8, 4) is 0 Å². The highest BCUT2D eigenvalue weighted by Gasteiger charge is 2.29. The van der Waals surface area contributed by atoms with Gasteiger partial charge < -0.3 is 5.32 Å². The maximum Gasteiger partial charge on any atom is 0.0252 e. The van der Waals surface area contributed by atoms with Crippen molar-refractivity contribution < 1.29 is 0 Å². The Bertz CT molecular complexity index is 231. The molecule has 0 radical (unpaired) electrons. The summed E-state index contributed by atoms with van der Waals surface area (Å²) in [5.41, 5.74) is 0.305. The second-order valence-corrected chi connectivity index (χ2v) is 6.88. The van der Waals surface area contributed by atoms with Crippen molar-refractivity contribution in [3.63, 3.8) is 0 Å². The third-order valence-corrected chi connectivity index (χ3v) is 4.63. The van der Waals surface area contributed by atoms with Crippen molar-refractivity contribution in [2.75, 3.05) is 19.6 Å². The summed E-state index contributed by atoms with van der Waals surface area (Å²) in [7, 11) is 0. The van der Waals surface area contributed by atoms with Gasteiger partial charge in [-0.05, 0) is 46.1 Å². The highest BCUT2D eigenvalue weighted by molar-refractivity contribution is 4.90. The Hall–Kier alpha value is -0.0800. The first-order valence-corrected chi connectivity index (χ1v) is 7.56. The molecule has 0 bridgehead atoms. The van der Waals surface area contributed by atoms with Gasteiger partial charge in [-0.3, -0.25) is 4.90 Å². The standard InChI is InChI=1S/C15H30N2/c1-13-11-16-15(2,3)12-17(13)10-6-9-14-7-4-5-8-14/h13-14,16H,4-12H2,1-3H3. The molecule has 2 heteroatoms. The summed E-state index contributed by atoms with van der Waals surface area (Å²) in [4.78, 5) is 2.69. The van der Waals surface area contributed by atoms with Gasteiger partial charge in [0, 0.05) is 24.7 Å². The van der Waals surface area contributed by atoms with Crippen LogP contribution in [0.3, 0.4) is 0 Å². The van der Waals surface area contributed by atoms with Crippen LogP contribution in [0.25, 0.3) is 0 Å². The Kier molecular flexibility index (Phi) is 4.48. The molecule has 1 aliphatic carbocycles. The fourth-order valence-electron chi connectivity index (χ4n) is 3.45. The molecular weight excluding hydrogens is 208 g/mol.